The molecule has 0 saturated carbocycles. The van der Waals surface area contributed by atoms with Gasteiger partial charge in [-0.15, -0.1) is 11.8 Å². The summed E-state index contributed by atoms with van der Waals surface area (Å²) in [6.45, 7) is 4.79. The number of fused-ring (bicyclic) bond motifs is 1. The predicted molar refractivity (Wildman–Crippen MR) is 123 cm³/mol. The minimum atomic E-state index is -0.143. The Hall–Kier alpha value is -2.23. The summed E-state index contributed by atoms with van der Waals surface area (Å²) in [5.41, 5.74) is 2.07. The van der Waals surface area contributed by atoms with Gasteiger partial charge >= 0.3 is 0 Å². The molecule has 3 aliphatic rings. The molecule has 3 aliphatic heterocycles. The number of aliphatic imine (C=N–C) groups is 1. The van der Waals surface area contributed by atoms with Crippen LogP contribution in [-0.4, -0.2) is 83.7 Å². The van der Waals surface area contributed by atoms with Crippen molar-refractivity contribution in [2.24, 2.45) is 10.9 Å². The molecule has 0 bridgehead atoms. The number of ketones is 1. The number of aliphatic hydroxyl groups excluding tert-OH is 1. The van der Waals surface area contributed by atoms with Gasteiger partial charge in [0.25, 0.3) is 0 Å². The van der Waals surface area contributed by atoms with Gasteiger partial charge in [0, 0.05) is 48.9 Å². The number of piperidine rings is 1. The van der Waals surface area contributed by atoms with E-state index in [1.165, 1.54) is 11.8 Å². The zero-order valence-electron chi connectivity index (χ0n) is 17.4. The molecular weight excluding hydrogens is 414 g/mol. The number of ether oxygens (including phenoxy) is 1. The number of anilines is 2. The highest BCUT2D eigenvalue weighted by Gasteiger charge is 2.32. The molecule has 0 spiro atoms. The van der Waals surface area contributed by atoms with Crippen LogP contribution in [0.15, 0.2) is 29.5 Å². The fraction of sp³-hybridized carbons (Fsp3) is 0.545. The third kappa shape index (κ3) is 4.26. The number of Topliss-reactive ketones (excluding diaryl/α,β-unsaturated/α-hetero) is 1. The topological polar surface area (TPSA) is 91.1 Å². The van der Waals surface area contributed by atoms with Crippen molar-refractivity contribution >= 4 is 45.0 Å². The van der Waals surface area contributed by atoms with E-state index in [9.17, 15) is 9.90 Å². The normalized spacial score (nSPS) is 24.5. The molecule has 31 heavy (non-hydrogen) atoms. The van der Waals surface area contributed by atoms with Crippen LogP contribution in [0.2, 0.25) is 0 Å². The maximum Gasteiger partial charge on any atom is 0.192 e. The van der Waals surface area contributed by atoms with Crippen LogP contribution in [-0.2, 0) is 9.53 Å². The number of carbonyl (C=O) groups is 1. The molecule has 2 aromatic rings. The Bertz CT molecular complexity index is 994. The summed E-state index contributed by atoms with van der Waals surface area (Å²) in [6.07, 6.45) is 3.42. The van der Waals surface area contributed by atoms with Crippen LogP contribution in [0.5, 0.6) is 0 Å². The molecule has 1 aromatic heterocycles. The zero-order valence-corrected chi connectivity index (χ0v) is 18.3. The molecule has 164 valence electrons. The number of aliphatic hydroxyl groups is 1. The van der Waals surface area contributed by atoms with E-state index in [0.29, 0.717) is 17.3 Å². The molecule has 0 amide bonds. The number of carbonyl (C=O) groups excluding carboxylic acids is 1. The van der Waals surface area contributed by atoms with Gasteiger partial charge in [0.05, 0.1) is 31.4 Å². The highest BCUT2D eigenvalue weighted by molar-refractivity contribution is 8.16. The van der Waals surface area contributed by atoms with Crippen molar-refractivity contribution in [3.8, 4) is 0 Å². The van der Waals surface area contributed by atoms with Gasteiger partial charge in [-0.2, -0.15) is 0 Å². The summed E-state index contributed by atoms with van der Waals surface area (Å²) in [5, 5.41) is 10.9. The average Bonchev–Trinajstić information content (AvgIpc) is 3.33. The van der Waals surface area contributed by atoms with Crippen molar-refractivity contribution in [3.05, 3.63) is 24.5 Å². The summed E-state index contributed by atoms with van der Waals surface area (Å²) in [7, 11) is 0. The second-order valence-electron chi connectivity index (χ2n) is 8.23. The molecule has 2 atom stereocenters. The predicted octanol–water partition coefficient (Wildman–Crippen LogP) is 1.76. The third-order valence-corrected chi connectivity index (χ3v) is 7.33. The first-order valence-corrected chi connectivity index (χ1v) is 11.9. The van der Waals surface area contributed by atoms with E-state index < -0.39 is 0 Å². The van der Waals surface area contributed by atoms with Crippen LogP contribution in [0, 0.1) is 5.92 Å². The lowest BCUT2D eigenvalue weighted by Crippen LogP contribution is -2.40. The number of morpholine rings is 1. The van der Waals surface area contributed by atoms with Crippen LogP contribution < -0.4 is 9.80 Å². The fourth-order valence-corrected chi connectivity index (χ4v) is 5.57. The van der Waals surface area contributed by atoms with Crippen LogP contribution in [0.3, 0.4) is 0 Å². The number of hydrogen-bond donors (Lipinski definition) is 1. The van der Waals surface area contributed by atoms with Crippen LogP contribution in [0.25, 0.3) is 10.9 Å². The van der Waals surface area contributed by atoms with Gasteiger partial charge in [-0.25, -0.2) is 9.97 Å². The van der Waals surface area contributed by atoms with Crippen molar-refractivity contribution < 1.29 is 14.6 Å². The average molecular weight is 442 g/mol. The zero-order chi connectivity index (χ0) is 21.2. The van der Waals surface area contributed by atoms with Gasteiger partial charge in [-0.1, -0.05) is 0 Å². The minimum Gasteiger partial charge on any atom is -0.394 e. The Morgan fingerprint density at radius 3 is 2.87 bits per heavy atom. The fourth-order valence-electron chi connectivity index (χ4n) is 4.50. The maximum atomic E-state index is 13.0. The molecule has 2 saturated heterocycles. The number of benzene rings is 1. The van der Waals surface area contributed by atoms with Crippen LogP contribution in [0.1, 0.15) is 12.8 Å². The van der Waals surface area contributed by atoms with E-state index in [1.807, 2.05) is 0 Å². The Labute approximate surface area is 185 Å². The summed E-state index contributed by atoms with van der Waals surface area (Å²) in [6, 6.07) is 6.21. The number of nitrogens with zero attached hydrogens (tertiary/aromatic N) is 5. The smallest absolute Gasteiger partial charge is 0.192 e. The lowest BCUT2D eigenvalue weighted by Gasteiger charge is -2.33. The van der Waals surface area contributed by atoms with Gasteiger partial charge in [0.15, 0.2) is 5.78 Å². The Morgan fingerprint density at radius 1 is 1.19 bits per heavy atom. The van der Waals surface area contributed by atoms with Gasteiger partial charge in [0.1, 0.15) is 17.2 Å². The number of thioether (sulfide) groups is 1. The van der Waals surface area contributed by atoms with E-state index >= 15 is 0 Å². The second-order valence-corrected chi connectivity index (χ2v) is 9.24. The maximum absolute atomic E-state index is 13.0. The first-order chi connectivity index (χ1) is 15.2. The van der Waals surface area contributed by atoms with E-state index in [-0.39, 0.29) is 24.3 Å². The minimum absolute atomic E-state index is 0.0000622. The van der Waals surface area contributed by atoms with Crippen molar-refractivity contribution in [2.45, 2.75) is 18.9 Å². The molecule has 2 unspecified atom stereocenters. The Balaban J connectivity index is 1.36. The molecule has 2 fully saturated rings. The summed E-state index contributed by atoms with van der Waals surface area (Å²) in [5.74, 6) is 1.61. The van der Waals surface area contributed by atoms with Crippen molar-refractivity contribution in [3.63, 3.8) is 0 Å². The van der Waals surface area contributed by atoms with Gasteiger partial charge in [0.2, 0.25) is 0 Å². The lowest BCUT2D eigenvalue weighted by molar-refractivity contribution is -0.116. The van der Waals surface area contributed by atoms with E-state index in [2.05, 4.69) is 43.0 Å². The summed E-state index contributed by atoms with van der Waals surface area (Å²) >= 11 is 1.47. The first kappa shape index (κ1) is 20.7. The summed E-state index contributed by atoms with van der Waals surface area (Å²) in [4.78, 5) is 31.1. The van der Waals surface area contributed by atoms with E-state index in [4.69, 9.17) is 4.74 Å². The first-order valence-electron chi connectivity index (χ1n) is 10.9. The number of rotatable bonds is 5. The highest BCUT2D eigenvalue weighted by atomic mass is 32.2. The van der Waals surface area contributed by atoms with Crippen molar-refractivity contribution in [2.75, 3.05) is 61.6 Å². The second kappa shape index (κ2) is 9.10. The Kier molecular flexibility index (Phi) is 6.06. The van der Waals surface area contributed by atoms with Crippen molar-refractivity contribution in [1.82, 2.24) is 9.97 Å². The molecule has 0 radical (unpaired) electrons. The molecule has 8 nitrogen and oxygen atoms in total. The van der Waals surface area contributed by atoms with Gasteiger partial charge < -0.3 is 19.6 Å². The number of aromatic nitrogens is 2. The number of hydrogen-bond acceptors (Lipinski definition) is 9. The van der Waals surface area contributed by atoms with E-state index in [1.54, 1.807) is 6.33 Å². The SMILES string of the molecule is O=C(C1=NC(CO)CS1)C1CCCN(c2ncnc3cc(N4CCOCC4)ccc23)C1. The lowest BCUT2D eigenvalue weighted by atomic mass is 9.94. The monoisotopic (exact) mass is 441 g/mol. The van der Waals surface area contributed by atoms with Gasteiger partial charge in [-0.3, -0.25) is 9.79 Å². The van der Waals surface area contributed by atoms with Gasteiger partial charge in [-0.05, 0) is 31.0 Å². The molecule has 1 aromatic carbocycles. The molecule has 4 heterocycles. The molecule has 5 rings (SSSR count). The van der Waals surface area contributed by atoms with Crippen LogP contribution >= 0.6 is 11.8 Å². The van der Waals surface area contributed by atoms with Crippen molar-refractivity contribution in [1.29, 1.82) is 0 Å². The molecule has 0 aliphatic carbocycles. The highest BCUT2D eigenvalue weighted by Crippen LogP contribution is 2.31. The molecule has 9 heteroatoms. The quantitative estimate of drug-likeness (QED) is 0.751. The Morgan fingerprint density at radius 2 is 2.06 bits per heavy atom. The third-order valence-electron chi connectivity index (χ3n) is 6.20. The molecule has 1 N–H and O–H groups in total. The van der Waals surface area contributed by atoms with E-state index in [0.717, 1.165) is 68.1 Å². The molecular formula is C22H27N5O3S. The van der Waals surface area contributed by atoms with Crippen LogP contribution in [0.4, 0.5) is 11.5 Å². The largest absolute Gasteiger partial charge is 0.394 e. The summed E-state index contributed by atoms with van der Waals surface area (Å²) < 4.78 is 5.46. The standard InChI is InChI=1S/C22H27N5O3S/c28-12-16-13-31-22(25-16)20(29)15-2-1-5-27(11-15)21-18-4-3-17(10-19(18)23-14-24-21)26-6-8-30-9-7-26/h3-4,10,14-16,28H,1-2,5-9,11-13H2.